The molecule has 0 aliphatic rings. The van der Waals surface area contributed by atoms with E-state index in [4.69, 9.17) is 10.5 Å². The summed E-state index contributed by atoms with van der Waals surface area (Å²) in [5.41, 5.74) is 8.45. The highest BCUT2D eigenvalue weighted by Gasteiger charge is 2.11. The van der Waals surface area contributed by atoms with Crippen LogP contribution in [0.15, 0.2) is 28.1 Å². The lowest BCUT2D eigenvalue weighted by atomic mass is 10.0. The fourth-order valence-corrected chi connectivity index (χ4v) is 2.99. The number of halogens is 1. The van der Waals surface area contributed by atoms with Gasteiger partial charge in [0.1, 0.15) is 5.75 Å². The van der Waals surface area contributed by atoms with Crippen molar-refractivity contribution in [1.29, 1.82) is 0 Å². The zero-order valence-corrected chi connectivity index (χ0v) is 13.4. The van der Waals surface area contributed by atoms with Gasteiger partial charge in [0.2, 0.25) is 0 Å². The van der Waals surface area contributed by atoms with E-state index in [9.17, 15) is 0 Å². The van der Waals surface area contributed by atoms with E-state index in [1.54, 1.807) is 18.4 Å². The summed E-state index contributed by atoms with van der Waals surface area (Å²) in [6.07, 6.45) is 1.60. The van der Waals surface area contributed by atoms with Gasteiger partial charge < -0.3 is 10.5 Å². The van der Waals surface area contributed by atoms with Crippen LogP contribution < -0.4 is 10.5 Å². The molecule has 2 N–H and O–H groups in total. The molecule has 0 spiro atoms. The number of aromatic nitrogens is 1. The predicted octanol–water partition coefficient (Wildman–Crippen LogP) is 3.34. The number of hydrogen-bond donors (Lipinski definition) is 1. The Hall–Kier alpha value is -0.910. The van der Waals surface area contributed by atoms with E-state index >= 15 is 0 Å². The fraction of sp³-hybridized carbons (Fsp3) is 0.357. The van der Waals surface area contributed by atoms with Gasteiger partial charge >= 0.3 is 0 Å². The molecule has 0 radical (unpaired) electrons. The zero-order chi connectivity index (χ0) is 13.8. The Morgan fingerprint density at radius 1 is 1.42 bits per heavy atom. The number of aryl methyl sites for hydroxylation is 1. The number of nitrogens with two attached hydrogens (primary N) is 1. The van der Waals surface area contributed by atoms with Crippen LogP contribution in [0.5, 0.6) is 5.75 Å². The van der Waals surface area contributed by atoms with Gasteiger partial charge in [0, 0.05) is 22.3 Å². The molecule has 1 heterocycles. The first-order valence-electron chi connectivity index (χ1n) is 6.07. The number of nitrogens with zero attached hydrogens (tertiary/aromatic N) is 1. The first kappa shape index (κ1) is 14.5. The number of thiazole rings is 1. The van der Waals surface area contributed by atoms with Gasteiger partial charge in [-0.05, 0) is 37.1 Å². The van der Waals surface area contributed by atoms with Crippen LogP contribution in [0.1, 0.15) is 16.3 Å². The summed E-state index contributed by atoms with van der Waals surface area (Å²) >= 11 is 5.22. The van der Waals surface area contributed by atoms with Crippen molar-refractivity contribution in [2.24, 2.45) is 5.73 Å². The molecule has 1 atom stereocenters. The van der Waals surface area contributed by atoms with E-state index in [1.807, 2.05) is 25.1 Å². The summed E-state index contributed by atoms with van der Waals surface area (Å²) in [6, 6.07) is 6.01. The van der Waals surface area contributed by atoms with Crippen molar-refractivity contribution in [2.45, 2.75) is 25.8 Å². The molecular weight excluding hydrogens is 324 g/mol. The predicted molar refractivity (Wildman–Crippen MR) is 82.9 cm³/mol. The van der Waals surface area contributed by atoms with Crippen LogP contribution in [0, 0.1) is 6.92 Å². The van der Waals surface area contributed by atoms with Crippen LogP contribution >= 0.6 is 27.3 Å². The maximum absolute atomic E-state index is 6.21. The molecule has 5 heteroatoms. The molecule has 0 fully saturated rings. The molecule has 0 aliphatic carbocycles. The van der Waals surface area contributed by atoms with Crippen LogP contribution in [0.2, 0.25) is 0 Å². The highest BCUT2D eigenvalue weighted by atomic mass is 79.9. The van der Waals surface area contributed by atoms with Crippen molar-refractivity contribution in [3.8, 4) is 5.75 Å². The highest BCUT2D eigenvalue weighted by molar-refractivity contribution is 9.10. The highest BCUT2D eigenvalue weighted by Crippen LogP contribution is 2.24. The van der Waals surface area contributed by atoms with Crippen molar-refractivity contribution in [3.63, 3.8) is 0 Å². The average molecular weight is 341 g/mol. The molecule has 2 aromatic rings. The van der Waals surface area contributed by atoms with Gasteiger partial charge in [0.15, 0.2) is 0 Å². The molecule has 19 heavy (non-hydrogen) atoms. The molecular formula is C14H17BrN2OS. The zero-order valence-electron chi connectivity index (χ0n) is 11.0. The molecule has 0 amide bonds. The van der Waals surface area contributed by atoms with Crippen LogP contribution in [0.3, 0.4) is 0 Å². The third-order valence-electron chi connectivity index (χ3n) is 2.87. The largest absolute Gasteiger partial charge is 0.497 e. The van der Waals surface area contributed by atoms with Gasteiger partial charge in [-0.25, -0.2) is 4.98 Å². The third-order valence-corrected chi connectivity index (χ3v) is 4.47. The van der Waals surface area contributed by atoms with Crippen molar-refractivity contribution in [2.75, 3.05) is 7.11 Å². The standard InChI is InChI=1S/C14H17BrN2OS/c1-9-17-12(8-19-9)7-11(16)5-10-6-13(18-2)3-4-14(10)15/h3-4,6,8,11H,5,7,16H2,1-2H3. The van der Waals surface area contributed by atoms with Gasteiger partial charge in [-0.15, -0.1) is 11.3 Å². The van der Waals surface area contributed by atoms with E-state index in [0.717, 1.165) is 33.8 Å². The molecule has 1 unspecified atom stereocenters. The second-order valence-corrected chi connectivity index (χ2v) is 6.40. The Morgan fingerprint density at radius 3 is 2.84 bits per heavy atom. The monoisotopic (exact) mass is 340 g/mol. The minimum absolute atomic E-state index is 0.0601. The Labute approximate surface area is 125 Å². The summed E-state index contributed by atoms with van der Waals surface area (Å²) in [7, 11) is 1.67. The fourth-order valence-electron chi connectivity index (χ4n) is 1.96. The SMILES string of the molecule is COc1ccc(Br)c(CC(N)Cc2csc(C)n2)c1. The van der Waals surface area contributed by atoms with Crippen LogP contribution in [0.25, 0.3) is 0 Å². The summed E-state index contributed by atoms with van der Waals surface area (Å²) in [5, 5.41) is 3.17. The molecule has 0 bridgehead atoms. The first-order valence-corrected chi connectivity index (χ1v) is 7.74. The lowest BCUT2D eigenvalue weighted by molar-refractivity contribution is 0.414. The number of rotatable bonds is 5. The van der Waals surface area contributed by atoms with Crippen LogP contribution in [-0.2, 0) is 12.8 Å². The molecule has 1 aromatic carbocycles. The molecule has 3 nitrogen and oxygen atoms in total. The molecule has 2 rings (SSSR count). The van der Waals surface area contributed by atoms with E-state index < -0.39 is 0 Å². The van der Waals surface area contributed by atoms with Gasteiger partial charge in [0.25, 0.3) is 0 Å². The van der Waals surface area contributed by atoms with Crippen molar-refractivity contribution in [3.05, 3.63) is 44.3 Å². The molecule has 1 aromatic heterocycles. The molecule has 102 valence electrons. The second kappa shape index (κ2) is 6.50. The topological polar surface area (TPSA) is 48.1 Å². The van der Waals surface area contributed by atoms with E-state index in [0.29, 0.717) is 0 Å². The molecule has 0 aliphatic heterocycles. The number of benzene rings is 1. The second-order valence-electron chi connectivity index (χ2n) is 4.48. The van der Waals surface area contributed by atoms with Crippen molar-refractivity contribution in [1.82, 2.24) is 4.98 Å². The van der Waals surface area contributed by atoms with Crippen LogP contribution in [0.4, 0.5) is 0 Å². The van der Waals surface area contributed by atoms with Crippen molar-refractivity contribution >= 4 is 27.3 Å². The van der Waals surface area contributed by atoms with Gasteiger partial charge in [-0.2, -0.15) is 0 Å². The van der Waals surface area contributed by atoms with Gasteiger partial charge in [-0.1, -0.05) is 15.9 Å². The molecule has 0 saturated carbocycles. The van der Waals surface area contributed by atoms with Gasteiger partial charge in [0.05, 0.1) is 17.8 Å². The van der Waals surface area contributed by atoms with Crippen LogP contribution in [-0.4, -0.2) is 18.1 Å². The summed E-state index contributed by atoms with van der Waals surface area (Å²) < 4.78 is 6.31. The maximum atomic E-state index is 6.21. The third kappa shape index (κ3) is 4.03. The van der Waals surface area contributed by atoms with Gasteiger partial charge in [-0.3, -0.25) is 0 Å². The lowest BCUT2D eigenvalue weighted by Gasteiger charge is -2.12. The Balaban J connectivity index is 2.03. The first-order chi connectivity index (χ1) is 9.08. The summed E-state index contributed by atoms with van der Waals surface area (Å²) in [5.74, 6) is 0.856. The Bertz CT molecular complexity index is 556. The smallest absolute Gasteiger partial charge is 0.119 e. The number of methoxy groups -OCH3 is 1. The van der Waals surface area contributed by atoms with Crippen molar-refractivity contribution < 1.29 is 4.74 Å². The normalized spacial score (nSPS) is 12.4. The van der Waals surface area contributed by atoms with E-state index in [2.05, 4.69) is 26.3 Å². The minimum atomic E-state index is 0.0601. The number of ether oxygens (including phenoxy) is 1. The summed E-state index contributed by atoms with van der Waals surface area (Å²) in [6.45, 7) is 2.01. The van der Waals surface area contributed by atoms with E-state index in [1.165, 1.54) is 5.56 Å². The quantitative estimate of drug-likeness (QED) is 0.907. The Morgan fingerprint density at radius 2 is 2.21 bits per heavy atom. The Kier molecular flexibility index (Phi) is 4.96. The minimum Gasteiger partial charge on any atom is -0.497 e. The molecule has 0 saturated heterocycles. The average Bonchev–Trinajstić information content (AvgIpc) is 2.77. The maximum Gasteiger partial charge on any atom is 0.119 e. The lowest BCUT2D eigenvalue weighted by Crippen LogP contribution is -2.25. The van der Waals surface area contributed by atoms with E-state index in [-0.39, 0.29) is 6.04 Å². The summed E-state index contributed by atoms with van der Waals surface area (Å²) in [4.78, 5) is 4.45. The number of hydrogen-bond acceptors (Lipinski definition) is 4.